The molecule has 1 aliphatic heterocycles. The van der Waals surface area contributed by atoms with Crippen molar-refractivity contribution in [3.63, 3.8) is 0 Å². The fourth-order valence-electron chi connectivity index (χ4n) is 4.12. The average molecular weight is 273 g/mol. The highest BCUT2D eigenvalue weighted by Gasteiger charge is 2.31. The van der Waals surface area contributed by atoms with Crippen molar-refractivity contribution in [2.75, 3.05) is 19.8 Å². The Balaban J connectivity index is 0.00000120. The minimum absolute atomic E-state index is 0. The molecule has 0 aromatic carbocycles. The summed E-state index contributed by atoms with van der Waals surface area (Å²) in [5.41, 5.74) is 0. The highest BCUT2D eigenvalue weighted by Crippen LogP contribution is 2.28. The van der Waals surface area contributed by atoms with Crippen molar-refractivity contribution in [2.24, 2.45) is 0 Å². The lowest BCUT2D eigenvalue weighted by molar-refractivity contribution is 0.121. The molecule has 0 radical (unpaired) electrons. The van der Waals surface area contributed by atoms with Crippen LogP contribution in [0, 0.1) is 0 Å². The van der Waals surface area contributed by atoms with Crippen LogP contribution >= 0.6 is 12.4 Å². The Labute approximate surface area is 119 Å². The monoisotopic (exact) mass is 272 g/mol. The number of hydrogen-bond donors (Lipinski definition) is 0. The van der Waals surface area contributed by atoms with E-state index in [0.29, 0.717) is 0 Å². The smallest absolute Gasteiger partial charge is 0.0512 e. The molecular weight excluding hydrogens is 244 g/mol. The zero-order chi connectivity index (χ0) is 11.5. The summed E-state index contributed by atoms with van der Waals surface area (Å²) in [6, 6.07) is 1.86. The standard InChI is InChI=1S/C15H28N2.ClH/c1-3-7-14(8-4-1)16-11-12-17(13-16)15-9-5-2-6-10-15;/h14-15H,1-13H2;1H. The van der Waals surface area contributed by atoms with Crippen LogP contribution in [0.2, 0.25) is 0 Å². The van der Waals surface area contributed by atoms with E-state index in [1.54, 1.807) is 0 Å². The van der Waals surface area contributed by atoms with Crippen molar-refractivity contribution in [2.45, 2.75) is 76.3 Å². The van der Waals surface area contributed by atoms with Gasteiger partial charge in [-0.25, -0.2) is 0 Å². The van der Waals surface area contributed by atoms with Crippen LogP contribution < -0.4 is 0 Å². The van der Waals surface area contributed by atoms with Gasteiger partial charge in [0.15, 0.2) is 0 Å². The second-order valence-electron chi connectivity index (χ2n) is 6.35. The Hall–Kier alpha value is 0.210. The minimum Gasteiger partial charge on any atom is -0.286 e. The highest BCUT2D eigenvalue weighted by molar-refractivity contribution is 5.85. The Kier molecular flexibility index (Phi) is 5.78. The van der Waals surface area contributed by atoms with E-state index in [1.807, 2.05) is 0 Å². The van der Waals surface area contributed by atoms with E-state index in [1.165, 1.54) is 84.0 Å². The van der Waals surface area contributed by atoms with E-state index in [4.69, 9.17) is 0 Å². The quantitative estimate of drug-likeness (QED) is 0.757. The molecule has 3 heteroatoms. The molecule has 0 unspecified atom stereocenters. The Bertz CT molecular complexity index is 211. The van der Waals surface area contributed by atoms with Crippen molar-refractivity contribution in [3.8, 4) is 0 Å². The van der Waals surface area contributed by atoms with E-state index in [2.05, 4.69) is 9.80 Å². The third-order valence-electron chi connectivity index (χ3n) is 5.22. The molecule has 2 saturated carbocycles. The molecule has 0 aromatic heterocycles. The van der Waals surface area contributed by atoms with Crippen LogP contribution in [-0.4, -0.2) is 41.6 Å². The molecule has 18 heavy (non-hydrogen) atoms. The maximum absolute atomic E-state index is 2.79. The second kappa shape index (κ2) is 7.12. The van der Waals surface area contributed by atoms with Crippen LogP contribution in [0.25, 0.3) is 0 Å². The summed E-state index contributed by atoms with van der Waals surface area (Å²) in [5, 5.41) is 0. The molecule has 1 heterocycles. The first kappa shape index (κ1) is 14.6. The van der Waals surface area contributed by atoms with Gasteiger partial charge in [-0.15, -0.1) is 12.4 Å². The van der Waals surface area contributed by atoms with Crippen LogP contribution in [0.4, 0.5) is 0 Å². The van der Waals surface area contributed by atoms with Crippen LogP contribution in [0.3, 0.4) is 0 Å². The molecule has 0 amide bonds. The molecular formula is C15H29ClN2. The van der Waals surface area contributed by atoms with Gasteiger partial charge in [0.05, 0.1) is 6.67 Å². The van der Waals surface area contributed by atoms with Crippen LogP contribution in [-0.2, 0) is 0 Å². The van der Waals surface area contributed by atoms with Crippen LogP contribution in [0.15, 0.2) is 0 Å². The summed E-state index contributed by atoms with van der Waals surface area (Å²) in [5.74, 6) is 0. The van der Waals surface area contributed by atoms with Gasteiger partial charge in [-0.1, -0.05) is 38.5 Å². The van der Waals surface area contributed by atoms with Crippen molar-refractivity contribution in [1.29, 1.82) is 0 Å². The van der Waals surface area contributed by atoms with Crippen molar-refractivity contribution in [1.82, 2.24) is 9.80 Å². The van der Waals surface area contributed by atoms with Crippen LogP contribution in [0.5, 0.6) is 0 Å². The summed E-state index contributed by atoms with van der Waals surface area (Å²) in [4.78, 5) is 5.57. The predicted molar refractivity (Wildman–Crippen MR) is 79.3 cm³/mol. The number of rotatable bonds is 2. The normalized spacial score (nSPS) is 29.3. The Morgan fingerprint density at radius 1 is 0.556 bits per heavy atom. The fraction of sp³-hybridized carbons (Fsp3) is 1.00. The Morgan fingerprint density at radius 2 is 0.944 bits per heavy atom. The van der Waals surface area contributed by atoms with Gasteiger partial charge in [0.25, 0.3) is 0 Å². The van der Waals surface area contributed by atoms with E-state index in [-0.39, 0.29) is 12.4 Å². The van der Waals surface area contributed by atoms with E-state index < -0.39 is 0 Å². The van der Waals surface area contributed by atoms with Gasteiger partial charge in [-0.2, -0.15) is 0 Å². The van der Waals surface area contributed by atoms with Crippen LogP contribution in [0.1, 0.15) is 64.2 Å². The summed E-state index contributed by atoms with van der Waals surface area (Å²) in [6.45, 7) is 3.98. The first-order valence-corrected chi connectivity index (χ1v) is 7.91. The molecule has 3 aliphatic rings. The topological polar surface area (TPSA) is 6.48 Å². The average Bonchev–Trinajstić information content (AvgIpc) is 2.90. The lowest BCUT2D eigenvalue weighted by Crippen LogP contribution is -2.39. The minimum atomic E-state index is 0. The van der Waals surface area contributed by atoms with Gasteiger partial charge >= 0.3 is 0 Å². The number of halogens is 1. The molecule has 1 saturated heterocycles. The summed E-state index contributed by atoms with van der Waals surface area (Å²) >= 11 is 0. The summed E-state index contributed by atoms with van der Waals surface area (Å²) < 4.78 is 0. The fourth-order valence-corrected chi connectivity index (χ4v) is 4.12. The molecule has 0 atom stereocenters. The number of nitrogens with zero attached hydrogens (tertiary/aromatic N) is 2. The molecule has 0 aromatic rings. The van der Waals surface area contributed by atoms with Crippen molar-refractivity contribution in [3.05, 3.63) is 0 Å². The molecule has 0 spiro atoms. The van der Waals surface area contributed by atoms with Crippen molar-refractivity contribution >= 4 is 12.4 Å². The summed E-state index contributed by atoms with van der Waals surface area (Å²) in [7, 11) is 0. The zero-order valence-electron chi connectivity index (χ0n) is 11.6. The van der Waals surface area contributed by atoms with Crippen molar-refractivity contribution < 1.29 is 0 Å². The molecule has 2 aliphatic carbocycles. The third-order valence-corrected chi connectivity index (χ3v) is 5.22. The maximum Gasteiger partial charge on any atom is 0.0512 e. The van der Waals surface area contributed by atoms with Gasteiger partial charge in [-0.05, 0) is 25.7 Å². The first-order valence-electron chi connectivity index (χ1n) is 7.91. The SMILES string of the molecule is C1CCC(N2CCN(C3CCCCC3)C2)CC1.Cl. The second-order valence-corrected chi connectivity index (χ2v) is 6.35. The first-order chi connectivity index (χ1) is 8.43. The van der Waals surface area contributed by atoms with Gasteiger partial charge in [-0.3, -0.25) is 9.80 Å². The molecule has 106 valence electrons. The lowest BCUT2D eigenvalue weighted by Gasteiger charge is -2.34. The van der Waals surface area contributed by atoms with E-state index in [0.717, 1.165) is 12.1 Å². The van der Waals surface area contributed by atoms with Gasteiger partial charge in [0.2, 0.25) is 0 Å². The van der Waals surface area contributed by atoms with Gasteiger partial charge in [0, 0.05) is 25.2 Å². The maximum atomic E-state index is 2.79. The molecule has 0 bridgehead atoms. The van der Waals surface area contributed by atoms with E-state index in [9.17, 15) is 0 Å². The third kappa shape index (κ3) is 3.40. The number of hydrogen-bond acceptors (Lipinski definition) is 2. The molecule has 3 rings (SSSR count). The van der Waals surface area contributed by atoms with Gasteiger partial charge < -0.3 is 0 Å². The summed E-state index contributed by atoms with van der Waals surface area (Å²) in [6.07, 6.45) is 14.8. The lowest BCUT2D eigenvalue weighted by atomic mass is 9.94. The zero-order valence-corrected chi connectivity index (χ0v) is 12.5. The highest BCUT2D eigenvalue weighted by atomic mass is 35.5. The molecule has 3 fully saturated rings. The molecule has 2 nitrogen and oxygen atoms in total. The van der Waals surface area contributed by atoms with E-state index >= 15 is 0 Å². The predicted octanol–water partition coefficient (Wildman–Crippen LogP) is 3.65. The molecule has 0 N–H and O–H groups in total. The Morgan fingerprint density at radius 3 is 1.33 bits per heavy atom. The van der Waals surface area contributed by atoms with Gasteiger partial charge in [0.1, 0.15) is 0 Å². The largest absolute Gasteiger partial charge is 0.286 e.